The standard InChI is InChI=1S/C23H23N3O2/c24-23(27)21-15-25-11-8-22(21)28-20-7-6-18-9-12-26(13-10-19(18)14-20)16-17-4-2-1-3-5-17/h1-8,11,14-15H,9-10,12-13,16H2,(H2,24,27). The lowest BCUT2D eigenvalue weighted by atomic mass is 10.0. The van der Waals surface area contributed by atoms with Crippen LogP contribution in [0.2, 0.25) is 0 Å². The van der Waals surface area contributed by atoms with Crippen molar-refractivity contribution in [1.82, 2.24) is 9.88 Å². The molecule has 0 radical (unpaired) electrons. The maximum atomic E-state index is 11.6. The van der Waals surface area contributed by atoms with Crippen molar-refractivity contribution in [1.29, 1.82) is 0 Å². The number of fused-ring (bicyclic) bond motifs is 1. The van der Waals surface area contributed by atoms with Crippen molar-refractivity contribution in [3.63, 3.8) is 0 Å². The van der Waals surface area contributed by atoms with Crippen molar-refractivity contribution in [2.24, 2.45) is 5.73 Å². The molecule has 5 heteroatoms. The SMILES string of the molecule is NC(=O)c1cnccc1Oc1ccc2c(c1)CCN(Cc1ccccc1)CC2. The van der Waals surface area contributed by atoms with Gasteiger partial charge < -0.3 is 10.5 Å². The lowest BCUT2D eigenvalue weighted by Gasteiger charge is -2.19. The monoisotopic (exact) mass is 373 g/mol. The Kier molecular flexibility index (Phi) is 5.35. The van der Waals surface area contributed by atoms with Gasteiger partial charge in [-0.2, -0.15) is 0 Å². The van der Waals surface area contributed by atoms with Crippen LogP contribution in [0.4, 0.5) is 0 Å². The largest absolute Gasteiger partial charge is 0.456 e. The molecule has 142 valence electrons. The number of ether oxygens (including phenoxy) is 1. The number of benzene rings is 2. The first kappa shape index (κ1) is 18.2. The Labute approximate surface area is 164 Å². The van der Waals surface area contributed by atoms with Gasteiger partial charge in [-0.3, -0.25) is 14.7 Å². The van der Waals surface area contributed by atoms with Gasteiger partial charge in [0, 0.05) is 32.0 Å². The smallest absolute Gasteiger partial charge is 0.254 e. The van der Waals surface area contributed by atoms with E-state index in [1.54, 1.807) is 12.3 Å². The van der Waals surface area contributed by atoms with Crippen LogP contribution in [0, 0.1) is 0 Å². The van der Waals surface area contributed by atoms with E-state index >= 15 is 0 Å². The molecule has 3 aromatic rings. The molecule has 0 saturated carbocycles. The van der Waals surface area contributed by atoms with E-state index in [1.807, 2.05) is 6.07 Å². The number of primary amides is 1. The number of hydrogen-bond donors (Lipinski definition) is 1. The second kappa shape index (κ2) is 8.23. The van der Waals surface area contributed by atoms with Crippen LogP contribution < -0.4 is 10.5 Å². The summed E-state index contributed by atoms with van der Waals surface area (Å²) in [4.78, 5) is 18.0. The van der Waals surface area contributed by atoms with E-state index in [0.717, 1.165) is 32.5 Å². The van der Waals surface area contributed by atoms with Crippen molar-refractivity contribution >= 4 is 5.91 Å². The highest BCUT2D eigenvalue weighted by atomic mass is 16.5. The number of hydrogen-bond acceptors (Lipinski definition) is 4. The fourth-order valence-electron chi connectivity index (χ4n) is 3.59. The second-order valence-electron chi connectivity index (χ2n) is 7.03. The van der Waals surface area contributed by atoms with E-state index in [9.17, 15) is 4.79 Å². The molecular formula is C23H23N3O2. The quantitative estimate of drug-likeness (QED) is 0.742. The summed E-state index contributed by atoms with van der Waals surface area (Å²) in [6.07, 6.45) is 5.01. The molecule has 0 atom stereocenters. The van der Waals surface area contributed by atoms with Gasteiger partial charge in [0.2, 0.25) is 0 Å². The zero-order chi connectivity index (χ0) is 19.3. The number of carbonyl (C=O) groups is 1. The van der Waals surface area contributed by atoms with Crippen molar-refractivity contribution in [3.8, 4) is 11.5 Å². The zero-order valence-corrected chi connectivity index (χ0v) is 15.7. The maximum Gasteiger partial charge on any atom is 0.254 e. The summed E-state index contributed by atoms with van der Waals surface area (Å²) in [6.45, 7) is 3.02. The third kappa shape index (κ3) is 4.21. The van der Waals surface area contributed by atoms with E-state index in [-0.39, 0.29) is 5.56 Å². The minimum Gasteiger partial charge on any atom is -0.456 e. The molecule has 0 aliphatic carbocycles. The summed E-state index contributed by atoms with van der Waals surface area (Å²) in [5.74, 6) is 0.597. The molecule has 2 aromatic carbocycles. The molecular weight excluding hydrogens is 350 g/mol. The highest BCUT2D eigenvalue weighted by molar-refractivity contribution is 5.95. The van der Waals surface area contributed by atoms with Gasteiger partial charge in [-0.1, -0.05) is 36.4 Å². The minimum atomic E-state index is -0.547. The van der Waals surface area contributed by atoms with E-state index in [4.69, 9.17) is 10.5 Å². The fourth-order valence-corrected chi connectivity index (χ4v) is 3.59. The molecule has 0 saturated heterocycles. The van der Waals surface area contributed by atoms with Crippen LogP contribution in [0.5, 0.6) is 11.5 Å². The van der Waals surface area contributed by atoms with Crippen molar-refractivity contribution in [2.75, 3.05) is 13.1 Å². The molecule has 1 aliphatic heterocycles. The van der Waals surface area contributed by atoms with E-state index in [2.05, 4.69) is 52.3 Å². The molecule has 2 heterocycles. The average molecular weight is 373 g/mol. The Morgan fingerprint density at radius 3 is 2.61 bits per heavy atom. The molecule has 1 aliphatic rings. The number of nitrogens with two attached hydrogens (primary N) is 1. The van der Waals surface area contributed by atoms with Gasteiger partial charge >= 0.3 is 0 Å². The van der Waals surface area contributed by atoms with Crippen LogP contribution in [0.3, 0.4) is 0 Å². The molecule has 0 bridgehead atoms. The van der Waals surface area contributed by atoms with E-state index < -0.39 is 5.91 Å². The Morgan fingerprint density at radius 1 is 1.04 bits per heavy atom. The molecule has 4 rings (SSSR count). The number of rotatable bonds is 5. The highest BCUT2D eigenvalue weighted by Gasteiger charge is 2.16. The predicted molar refractivity (Wildman–Crippen MR) is 108 cm³/mol. The van der Waals surface area contributed by atoms with Crippen LogP contribution >= 0.6 is 0 Å². The highest BCUT2D eigenvalue weighted by Crippen LogP contribution is 2.28. The third-order valence-corrected chi connectivity index (χ3v) is 5.10. The summed E-state index contributed by atoms with van der Waals surface area (Å²) in [7, 11) is 0. The van der Waals surface area contributed by atoms with Crippen LogP contribution in [-0.4, -0.2) is 28.9 Å². The topological polar surface area (TPSA) is 68.5 Å². The number of pyridine rings is 1. The van der Waals surface area contributed by atoms with Gasteiger partial charge in [0.15, 0.2) is 0 Å². The summed E-state index contributed by atoms with van der Waals surface area (Å²) >= 11 is 0. The van der Waals surface area contributed by atoms with Crippen LogP contribution in [0.1, 0.15) is 27.0 Å². The second-order valence-corrected chi connectivity index (χ2v) is 7.03. The summed E-state index contributed by atoms with van der Waals surface area (Å²) in [6, 6.07) is 18.4. The van der Waals surface area contributed by atoms with Gasteiger partial charge in [-0.25, -0.2) is 0 Å². The first-order valence-corrected chi connectivity index (χ1v) is 9.49. The minimum absolute atomic E-state index is 0.284. The van der Waals surface area contributed by atoms with E-state index in [1.165, 1.54) is 22.9 Å². The van der Waals surface area contributed by atoms with E-state index in [0.29, 0.717) is 11.5 Å². The number of carbonyl (C=O) groups excluding carboxylic acids is 1. The molecule has 0 spiro atoms. The van der Waals surface area contributed by atoms with Crippen LogP contribution in [0.25, 0.3) is 0 Å². The first-order chi connectivity index (χ1) is 13.7. The lowest BCUT2D eigenvalue weighted by Crippen LogP contribution is -2.25. The normalized spacial score (nSPS) is 14.1. The molecule has 28 heavy (non-hydrogen) atoms. The Morgan fingerprint density at radius 2 is 1.82 bits per heavy atom. The zero-order valence-electron chi connectivity index (χ0n) is 15.7. The number of nitrogens with zero attached hydrogens (tertiary/aromatic N) is 2. The van der Waals surface area contributed by atoms with Crippen molar-refractivity contribution in [3.05, 3.63) is 89.2 Å². The first-order valence-electron chi connectivity index (χ1n) is 9.49. The van der Waals surface area contributed by atoms with Crippen LogP contribution in [0.15, 0.2) is 67.0 Å². The van der Waals surface area contributed by atoms with Crippen molar-refractivity contribution in [2.45, 2.75) is 19.4 Å². The fraction of sp³-hybridized carbons (Fsp3) is 0.217. The summed E-state index contributed by atoms with van der Waals surface area (Å²) < 4.78 is 5.95. The van der Waals surface area contributed by atoms with Gasteiger partial charge in [0.25, 0.3) is 5.91 Å². The molecule has 1 aromatic heterocycles. The molecule has 1 amide bonds. The van der Waals surface area contributed by atoms with Crippen molar-refractivity contribution < 1.29 is 9.53 Å². The predicted octanol–water partition coefficient (Wildman–Crippen LogP) is 3.57. The molecule has 2 N–H and O–H groups in total. The lowest BCUT2D eigenvalue weighted by molar-refractivity contribution is 0.0997. The van der Waals surface area contributed by atoms with Gasteiger partial charge in [0.05, 0.1) is 0 Å². The summed E-state index contributed by atoms with van der Waals surface area (Å²) in [5, 5.41) is 0. The molecule has 5 nitrogen and oxygen atoms in total. The molecule has 0 fully saturated rings. The molecule has 0 unspecified atom stereocenters. The van der Waals surface area contributed by atoms with Gasteiger partial charge in [-0.15, -0.1) is 0 Å². The van der Waals surface area contributed by atoms with Crippen LogP contribution in [-0.2, 0) is 19.4 Å². The Bertz CT molecular complexity index is 973. The summed E-state index contributed by atoms with van der Waals surface area (Å²) in [5.41, 5.74) is 9.69. The average Bonchev–Trinajstić information content (AvgIpc) is 2.91. The number of amides is 1. The third-order valence-electron chi connectivity index (χ3n) is 5.10. The Balaban J connectivity index is 1.48. The maximum absolute atomic E-state index is 11.6. The van der Waals surface area contributed by atoms with Gasteiger partial charge in [0.1, 0.15) is 17.1 Å². The van der Waals surface area contributed by atoms with Gasteiger partial charge in [-0.05, 0) is 47.7 Å². The Hall–Kier alpha value is -3.18. The number of aromatic nitrogens is 1.